The van der Waals surface area contributed by atoms with Crippen LogP contribution in [0.1, 0.15) is 56.3 Å². The van der Waals surface area contributed by atoms with Gasteiger partial charge in [0.15, 0.2) is 11.5 Å². The van der Waals surface area contributed by atoms with Gasteiger partial charge in [0.1, 0.15) is 25.0 Å². The number of nitrogens with zero attached hydrogens (tertiary/aromatic N) is 1. The molecule has 0 fully saturated rings. The van der Waals surface area contributed by atoms with E-state index in [0.29, 0.717) is 30.4 Å². The molecule has 0 spiro atoms. The molecule has 1 heterocycles. The number of hydrogen-bond donors (Lipinski definition) is 1. The number of nitrogens with one attached hydrogen (secondary N) is 1. The van der Waals surface area contributed by atoms with Gasteiger partial charge in [-0.3, -0.25) is 9.10 Å². The molecule has 0 unspecified atom stereocenters. The Morgan fingerprint density at radius 1 is 1.03 bits per heavy atom. The number of sulfonamides is 1. The number of carbonyl (C=O) groups is 1. The van der Waals surface area contributed by atoms with Crippen LogP contribution in [0.2, 0.25) is 0 Å². The van der Waals surface area contributed by atoms with Gasteiger partial charge in [0.2, 0.25) is 15.9 Å². The van der Waals surface area contributed by atoms with Crippen LogP contribution in [0, 0.1) is 6.92 Å². The smallest absolute Gasteiger partial charge is 0.244 e. The van der Waals surface area contributed by atoms with Crippen LogP contribution in [0.3, 0.4) is 0 Å². The zero-order valence-corrected chi connectivity index (χ0v) is 21.7. The molecule has 2 aromatic rings. The number of amides is 1. The molecule has 2 aromatic carbocycles. The molecule has 1 amide bonds. The SMILES string of the molecule is COc1cc(C)c([C@H](C)NC(=O)[C@H](C)N(c2ccc3c(c2)OCCO3)S(C)(=O)=O)cc1C(C)C. The molecular formula is C25H34N2O6S. The van der Waals surface area contributed by atoms with E-state index in [9.17, 15) is 13.2 Å². The molecule has 1 aliphatic heterocycles. The van der Waals surface area contributed by atoms with Crippen molar-refractivity contribution in [2.45, 2.75) is 52.6 Å². The van der Waals surface area contributed by atoms with E-state index in [1.54, 1.807) is 32.2 Å². The average Bonchev–Trinajstić information content (AvgIpc) is 2.77. The minimum Gasteiger partial charge on any atom is -0.496 e. The molecule has 8 nitrogen and oxygen atoms in total. The summed E-state index contributed by atoms with van der Waals surface area (Å²) in [6.45, 7) is 10.4. The molecule has 3 rings (SSSR count). The summed E-state index contributed by atoms with van der Waals surface area (Å²) in [4.78, 5) is 13.2. The maximum absolute atomic E-state index is 13.2. The van der Waals surface area contributed by atoms with Gasteiger partial charge in [-0.1, -0.05) is 13.8 Å². The van der Waals surface area contributed by atoms with Gasteiger partial charge < -0.3 is 19.5 Å². The number of fused-ring (bicyclic) bond motifs is 1. The highest BCUT2D eigenvalue weighted by atomic mass is 32.2. The van der Waals surface area contributed by atoms with E-state index in [-0.39, 0.29) is 12.0 Å². The van der Waals surface area contributed by atoms with E-state index in [4.69, 9.17) is 14.2 Å². The second-order valence-corrected chi connectivity index (χ2v) is 10.8. The van der Waals surface area contributed by atoms with Crippen LogP contribution in [-0.2, 0) is 14.8 Å². The van der Waals surface area contributed by atoms with E-state index in [2.05, 4.69) is 19.2 Å². The summed E-state index contributed by atoms with van der Waals surface area (Å²) in [7, 11) is -2.12. The molecule has 0 saturated heterocycles. The third kappa shape index (κ3) is 5.41. The zero-order chi connectivity index (χ0) is 25.2. The molecule has 1 N–H and O–H groups in total. The standard InChI is InChI=1S/C25H34N2O6S/c1-15(2)20-14-21(16(3)12-23(20)31-6)17(4)26-25(28)18(5)27(34(7,29)30)19-8-9-22-24(13-19)33-11-10-32-22/h8-9,12-15,17-18H,10-11H2,1-7H3,(H,26,28)/t17-,18-/m0/s1. The van der Waals surface area contributed by atoms with E-state index in [1.165, 1.54) is 0 Å². The van der Waals surface area contributed by atoms with Crippen molar-refractivity contribution >= 4 is 21.6 Å². The topological polar surface area (TPSA) is 94.2 Å². The fourth-order valence-corrected chi connectivity index (χ4v) is 5.37. The third-order valence-corrected chi connectivity index (χ3v) is 7.18. The fourth-order valence-electron chi connectivity index (χ4n) is 4.20. The number of methoxy groups -OCH3 is 1. The van der Waals surface area contributed by atoms with Crippen molar-refractivity contribution in [2.24, 2.45) is 0 Å². The monoisotopic (exact) mass is 490 g/mol. The van der Waals surface area contributed by atoms with E-state index in [1.807, 2.05) is 26.0 Å². The van der Waals surface area contributed by atoms with Crippen LogP contribution >= 0.6 is 0 Å². The lowest BCUT2D eigenvalue weighted by molar-refractivity contribution is -0.122. The normalized spacial score (nSPS) is 14.9. The lowest BCUT2D eigenvalue weighted by Gasteiger charge is -2.30. The fraction of sp³-hybridized carbons (Fsp3) is 0.480. The minimum atomic E-state index is -3.76. The first kappa shape index (κ1) is 25.7. The lowest BCUT2D eigenvalue weighted by Crippen LogP contribution is -2.48. The second-order valence-electron chi connectivity index (χ2n) is 8.90. The minimum absolute atomic E-state index is 0.243. The maximum atomic E-state index is 13.2. The van der Waals surface area contributed by atoms with Crippen molar-refractivity contribution in [2.75, 3.05) is 30.9 Å². The predicted molar refractivity (Wildman–Crippen MR) is 133 cm³/mol. The van der Waals surface area contributed by atoms with Gasteiger partial charge in [-0.2, -0.15) is 0 Å². The molecule has 0 bridgehead atoms. The Balaban J connectivity index is 1.87. The van der Waals surface area contributed by atoms with Gasteiger partial charge in [-0.25, -0.2) is 8.42 Å². The van der Waals surface area contributed by atoms with Gasteiger partial charge in [-0.05, 0) is 67.6 Å². The van der Waals surface area contributed by atoms with Crippen molar-refractivity contribution in [3.05, 3.63) is 47.0 Å². The summed E-state index contributed by atoms with van der Waals surface area (Å²) in [5, 5.41) is 2.98. The van der Waals surface area contributed by atoms with Gasteiger partial charge in [0.05, 0.1) is 25.1 Å². The molecule has 1 aliphatic rings. The Morgan fingerprint density at radius 3 is 2.26 bits per heavy atom. The summed E-state index contributed by atoms with van der Waals surface area (Å²) < 4.78 is 43.2. The Kier molecular flexibility index (Phi) is 7.65. The first-order valence-electron chi connectivity index (χ1n) is 11.3. The highest BCUT2D eigenvalue weighted by Crippen LogP contribution is 2.36. The van der Waals surface area contributed by atoms with E-state index < -0.39 is 22.0 Å². The molecule has 0 radical (unpaired) electrons. The van der Waals surface area contributed by atoms with Crippen LogP contribution in [0.5, 0.6) is 17.2 Å². The van der Waals surface area contributed by atoms with Crippen molar-refractivity contribution < 1.29 is 27.4 Å². The molecule has 2 atom stereocenters. The van der Waals surface area contributed by atoms with Crippen LogP contribution in [0.4, 0.5) is 5.69 Å². The molecule has 0 saturated carbocycles. The van der Waals surface area contributed by atoms with E-state index >= 15 is 0 Å². The molecular weight excluding hydrogens is 456 g/mol. The molecule has 0 aromatic heterocycles. The molecule has 9 heteroatoms. The Hall–Kier alpha value is -2.94. The summed E-state index contributed by atoms with van der Waals surface area (Å²) in [5.41, 5.74) is 3.32. The predicted octanol–water partition coefficient (Wildman–Crippen LogP) is 3.93. The van der Waals surface area contributed by atoms with Crippen LogP contribution in [0.25, 0.3) is 0 Å². The molecule has 0 aliphatic carbocycles. The lowest BCUT2D eigenvalue weighted by atomic mass is 9.93. The van der Waals surface area contributed by atoms with Crippen molar-refractivity contribution in [3.8, 4) is 17.2 Å². The summed E-state index contributed by atoms with van der Waals surface area (Å²) in [6, 6.07) is 7.56. The van der Waals surface area contributed by atoms with Crippen molar-refractivity contribution in [1.29, 1.82) is 0 Å². The van der Waals surface area contributed by atoms with E-state index in [0.717, 1.165) is 33.0 Å². The number of rotatable bonds is 8. The summed E-state index contributed by atoms with van der Waals surface area (Å²) in [5.74, 6) is 1.64. The maximum Gasteiger partial charge on any atom is 0.244 e. The van der Waals surface area contributed by atoms with Gasteiger partial charge in [0, 0.05) is 6.07 Å². The Labute approximate surface area is 202 Å². The Bertz CT molecular complexity index is 1160. The van der Waals surface area contributed by atoms with Gasteiger partial charge >= 0.3 is 0 Å². The number of hydrogen-bond acceptors (Lipinski definition) is 6. The first-order chi connectivity index (χ1) is 15.9. The van der Waals surface area contributed by atoms with Gasteiger partial charge in [-0.15, -0.1) is 0 Å². The largest absolute Gasteiger partial charge is 0.496 e. The number of benzene rings is 2. The second kappa shape index (κ2) is 10.1. The average molecular weight is 491 g/mol. The quantitative estimate of drug-likeness (QED) is 0.603. The molecule has 34 heavy (non-hydrogen) atoms. The first-order valence-corrected chi connectivity index (χ1v) is 13.2. The zero-order valence-electron chi connectivity index (χ0n) is 20.8. The summed E-state index contributed by atoms with van der Waals surface area (Å²) >= 11 is 0. The number of carbonyl (C=O) groups excluding carboxylic acids is 1. The van der Waals surface area contributed by atoms with Crippen LogP contribution in [-0.4, -0.2) is 46.9 Å². The van der Waals surface area contributed by atoms with Crippen molar-refractivity contribution in [3.63, 3.8) is 0 Å². The third-order valence-electron chi connectivity index (χ3n) is 5.93. The van der Waals surface area contributed by atoms with Gasteiger partial charge in [0.25, 0.3) is 0 Å². The van der Waals surface area contributed by atoms with Crippen LogP contribution in [0.15, 0.2) is 30.3 Å². The highest BCUT2D eigenvalue weighted by Gasteiger charge is 2.31. The Morgan fingerprint density at radius 2 is 1.68 bits per heavy atom. The number of aryl methyl sites for hydroxylation is 1. The highest BCUT2D eigenvalue weighted by molar-refractivity contribution is 7.92. The summed E-state index contributed by atoms with van der Waals surface area (Å²) in [6.07, 6.45) is 1.08. The van der Waals surface area contributed by atoms with Crippen molar-refractivity contribution in [1.82, 2.24) is 5.32 Å². The number of anilines is 1. The van der Waals surface area contributed by atoms with Crippen LogP contribution < -0.4 is 23.8 Å². The number of ether oxygens (including phenoxy) is 3. The molecule has 186 valence electrons.